The first-order chi connectivity index (χ1) is 2.27. The van der Waals surface area contributed by atoms with Gasteiger partial charge < -0.3 is 14.1 Å². The van der Waals surface area contributed by atoms with E-state index in [2.05, 4.69) is 4.33 Å². The van der Waals surface area contributed by atoms with E-state index < -0.39 is 11.4 Å². The van der Waals surface area contributed by atoms with Gasteiger partial charge in [0.2, 0.25) is 0 Å². The molecule has 0 N–H and O–H groups in total. The predicted octanol–water partition coefficient (Wildman–Crippen LogP) is -2.31. The molecule has 6 heteroatoms. The Bertz CT molecular complexity index is 42.8. The molecule has 1 atom stereocenters. The van der Waals surface area contributed by atoms with Crippen LogP contribution in [-0.2, 0) is 15.7 Å². The Balaban J connectivity index is 0. The summed E-state index contributed by atoms with van der Waals surface area (Å²) in [6.07, 6.45) is 0. The van der Waals surface area contributed by atoms with Crippen molar-refractivity contribution in [2.75, 3.05) is 0 Å². The van der Waals surface area contributed by atoms with E-state index in [4.69, 9.17) is 14.0 Å². The zero-order valence-corrected chi connectivity index (χ0v) is 5.77. The summed E-state index contributed by atoms with van der Waals surface area (Å²) >= 11 is -2.88. The van der Waals surface area contributed by atoms with Crippen LogP contribution in [0.4, 0.5) is 0 Å². The number of hydrogen-bond acceptors (Lipinski definition) is 4. The van der Waals surface area contributed by atoms with Gasteiger partial charge in [-0.2, -0.15) is 0 Å². The Hall–Kier alpha value is 1.29. The minimum absolute atomic E-state index is 0. The molecular formula is CaO4S. The molecule has 0 aromatic rings. The van der Waals surface area contributed by atoms with Crippen LogP contribution in [0.1, 0.15) is 0 Å². The zero-order valence-electron chi connectivity index (χ0n) is 2.75. The smallest absolute Gasteiger partial charge is 0.750 e. The van der Waals surface area contributed by atoms with Crippen molar-refractivity contribution in [1.82, 2.24) is 0 Å². The summed E-state index contributed by atoms with van der Waals surface area (Å²) in [5.74, 6) is 0. The van der Waals surface area contributed by atoms with Gasteiger partial charge in [0, 0.05) is 0 Å². The predicted molar refractivity (Wildman–Crippen MR) is 15.8 cm³/mol. The van der Waals surface area contributed by atoms with Crippen LogP contribution in [0.25, 0.3) is 0 Å². The molecule has 0 aliphatic carbocycles. The van der Waals surface area contributed by atoms with E-state index in [1.54, 1.807) is 0 Å². The SMILES string of the molecule is O=S([O-])O[O-].[Ca+2]. The monoisotopic (exact) mass is 136 g/mol. The summed E-state index contributed by atoms with van der Waals surface area (Å²) in [6, 6.07) is 0. The van der Waals surface area contributed by atoms with Crippen molar-refractivity contribution < 1.29 is 18.4 Å². The van der Waals surface area contributed by atoms with Crippen LogP contribution in [0.15, 0.2) is 0 Å². The van der Waals surface area contributed by atoms with E-state index in [1.807, 2.05) is 0 Å². The Morgan fingerprint density at radius 2 is 1.83 bits per heavy atom. The Kier molecular flexibility index (Phi) is 10.8. The Morgan fingerprint density at radius 1 is 1.67 bits per heavy atom. The van der Waals surface area contributed by atoms with Gasteiger partial charge in [0.25, 0.3) is 0 Å². The second-order valence-electron chi connectivity index (χ2n) is 0.272. The molecule has 0 radical (unpaired) electrons. The third-order valence-electron chi connectivity index (χ3n) is 0.0556. The first kappa shape index (κ1) is 10.3. The molecule has 0 aliphatic heterocycles. The summed E-state index contributed by atoms with van der Waals surface area (Å²) in [6.45, 7) is 0. The van der Waals surface area contributed by atoms with Gasteiger partial charge in [0.1, 0.15) is 0 Å². The molecule has 0 heterocycles. The van der Waals surface area contributed by atoms with Gasteiger partial charge in [-0.1, -0.05) is 0 Å². The van der Waals surface area contributed by atoms with E-state index in [0.29, 0.717) is 0 Å². The van der Waals surface area contributed by atoms with Crippen molar-refractivity contribution in [1.29, 1.82) is 0 Å². The van der Waals surface area contributed by atoms with Crippen LogP contribution in [0, 0.1) is 0 Å². The average Bonchev–Trinajstić information content (AvgIpc) is 1.38. The minimum atomic E-state index is -2.88. The fraction of sp³-hybridized carbons (Fsp3) is 0. The molecule has 6 heavy (non-hydrogen) atoms. The maximum absolute atomic E-state index is 8.83. The van der Waals surface area contributed by atoms with Crippen molar-refractivity contribution >= 4 is 49.1 Å². The molecule has 4 nitrogen and oxygen atoms in total. The largest absolute Gasteiger partial charge is 2.00 e. The van der Waals surface area contributed by atoms with E-state index >= 15 is 0 Å². The Morgan fingerprint density at radius 3 is 1.83 bits per heavy atom. The molecule has 0 saturated carbocycles. The van der Waals surface area contributed by atoms with Crippen LogP contribution in [0.5, 0.6) is 0 Å². The van der Waals surface area contributed by atoms with Gasteiger partial charge in [-0.3, -0.25) is 0 Å². The summed E-state index contributed by atoms with van der Waals surface area (Å²) in [4.78, 5) is 0. The van der Waals surface area contributed by atoms with Gasteiger partial charge in [0.05, 0.1) is 11.4 Å². The van der Waals surface area contributed by atoms with E-state index in [-0.39, 0.29) is 37.7 Å². The molecule has 0 bridgehead atoms. The van der Waals surface area contributed by atoms with E-state index in [1.165, 1.54) is 0 Å². The van der Waals surface area contributed by atoms with Gasteiger partial charge in [-0.25, -0.2) is 4.21 Å². The van der Waals surface area contributed by atoms with Gasteiger partial charge in [-0.15, -0.1) is 0 Å². The van der Waals surface area contributed by atoms with Crippen molar-refractivity contribution in [3.8, 4) is 0 Å². The number of rotatable bonds is 1. The molecule has 0 saturated heterocycles. The van der Waals surface area contributed by atoms with Gasteiger partial charge in [-0.05, 0) is 0 Å². The molecule has 0 fully saturated rings. The standard InChI is InChI=1S/Ca.H2O4S/c;1-4-5(2)3/h;1H,(H,2,3)/q+2;/p-2. The molecule has 0 aromatic heterocycles. The molecule has 0 amide bonds. The van der Waals surface area contributed by atoms with Crippen LogP contribution in [0.3, 0.4) is 0 Å². The fourth-order valence-electron chi connectivity index (χ4n) is 0. The second kappa shape index (κ2) is 6.29. The third-order valence-corrected chi connectivity index (χ3v) is 0.167. The average molecular weight is 136 g/mol. The summed E-state index contributed by atoms with van der Waals surface area (Å²) in [5, 5.41) is 8.52. The first-order valence-corrected chi connectivity index (χ1v) is 1.67. The zero-order chi connectivity index (χ0) is 4.28. The van der Waals surface area contributed by atoms with Crippen LogP contribution < -0.4 is 5.26 Å². The molecule has 1 unspecified atom stereocenters. The maximum atomic E-state index is 8.83. The quantitative estimate of drug-likeness (QED) is 0.176. The normalized spacial score (nSPS) is 12.3. The third kappa shape index (κ3) is 8.99. The minimum Gasteiger partial charge on any atom is -0.750 e. The number of hydrogen-bond donors (Lipinski definition) is 0. The van der Waals surface area contributed by atoms with Crippen molar-refractivity contribution in [3.63, 3.8) is 0 Å². The van der Waals surface area contributed by atoms with Crippen LogP contribution in [0.2, 0.25) is 0 Å². The topological polar surface area (TPSA) is 72.4 Å². The van der Waals surface area contributed by atoms with E-state index in [9.17, 15) is 0 Å². The fourth-order valence-corrected chi connectivity index (χ4v) is 0. The van der Waals surface area contributed by atoms with Crippen LogP contribution in [-0.4, -0.2) is 46.5 Å². The molecule has 0 aromatic carbocycles. The maximum Gasteiger partial charge on any atom is 2.00 e. The van der Waals surface area contributed by atoms with Crippen LogP contribution >= 0.6 is 0 Å². The summed E-state index contributed by atoms with van der Waals surface area (Å²) < 4.78 is 20.1. The van der Waals surface area contributed by atoms with E-state index in [0.717, 1.165) is 0 Å². The molecule has 0 aliphatic rings. The van der Waals surface area contributed by atoms with Crippen molar-refractivity contribution in [3.05, 3.63) is 0 Å². The van der Waals surface area contributed by atoms with Gasteiger partial charge >= 0.3 is 37.7 Å². The molecular weight excluding hydrogens is 136 g/mol. The second-order valence-corrected chi connectivity index (χ2v) is 0.816. The van der Waals surface area contributed by atoms with Crippen molar-refractivity contribution in [2.24, 2.45) is 0 Å². The molecule has 0 spiro atoms. The van der Waals surface area contributed by atoms with Gasteiger partial charge in [0.15, 0.2) is 0 Å². The summed E-state index contributed by atoms with van der Waals surface area (Å²) in [7, 11) is 0. The Labute approximate surface area is 66.9 Å². The molecule has 32 valence electrons. The van der Waals surface area contributed by atoms with Crippen molar-refractivity contribution in [2.45, 2.75) is 0 Å². The molecule has 0 rings (SSSR count). The summed E-state index contributed by atoms with van der Waals surface area (Å²) in [5.41, 5.74) is 0. The first-order valence-electron chi connectivity index (χ1n) is 0.667.